The first-order valence-corrected chi connectivity index (χ1v) is 4.94. The van der Waals surface area contributed by atoms with Crippen LogP contribution in [0.1, 0.15) is 12.5 Å². The number of nitrogens with one attached hydrogen (secondary N) is 2. The molecule has 0 spiro atoms. The number of hydrogen-bond donors (Lipinski definition) is 3. The second kappa shape index (κ2) is 5.87. The van der Waals surface area contributed by atoms with Crippen molar-refractivity contribution in [1.29, 1.82) is 0 Å². The lowest BCUT2D eigenvalue weighted by Crippen LogP contribution is -2.29. The smallest absolute Gasteiger partial charge is 0.269 e. The summed E-state index contributed by atoms with van der Waals surface area (Å²) in [7, 11) is 0. The van der Waals surface area contributed by atoms with Gasteiger partial charge in [-0.05, 0) is 36.8 Å². The third kappa shape index (κ3) is 3.78. The third-order valence-electron chi connectivity index (χ3n) is 1.92. The highest BCUT2D eigenvalue weighted by Gasteiger charge is 2.05. The van der Waals surface area contributed by atoms with Crippen molar-refractivity contribution >= 4 is 28.7 Å². The Morgan fingerprint density at radius 3 is 2.53 bits per heavy atom. The molecule has 90 valence electrons. The summed E-state index contributed by atoms with van der Waals surface area (Å²) < 4.78 is 0. The molecule has 0 aliphatic carbocycles. The first kappa shape index (κ1) is 13.0. The Balaban J connectivity index is 2.79. The van der Waals surface area contributed by atoms with Gasteiger partial charge in [0.1, 0.15) is 0 Å². The second-order valence-electron chi connectivity index (χ2n) is 3.05. The molecule has 1 rings (SSSR count). The molecule has 3 N–H and O–H groups in total. The van der Waals surface area contributed by atoms with Gasteiger partial charge in [0.25, 0.3) is 5.69 Å². The van der Waals surface area contributed by atoms with E-state index in [9.17, 15) is 10.1 Å². The van der Waals surface area contributed by atoms with Crippen LogP contribution in [-0.4, -0.2) is 21.0 Å². The average Bonchev–Trinajstić information content (AvgIpc) is 2.35. The minimum absolute atomic E-state index is 0.0158. The van der Waals surface area contributed by atoms with Crippen LogP contribution in [-0.2, 0) is 0 Å². The molecule has 8 heteroatoms. The highest BCUT2D eigenvalue weighted by molar-refractivity contribution is 7.80. The van der Waals surface area contributed by atoms with E-state index in [4.69, 9.17) is 5.21 Å². The maximum Gasteiger partial charge on any atom is 0.269 e. The van der Waals surface area contributed by atoms with Crippen molar-refractivity contribution in [3.05, 3.63) is 39.9 Å². The summed E-state index contributed by atoms with van der Waals surface area (Å²) >= 11 is 4.61. The van der Waals surface area contributed by atoms with Crippen LogP contribution < -0.4 is 10.9 Å². The lowest BCUT2D eigenvalue weighted by atomic mass is 10.1. The number of rotatable bonds is 3. The molecule has 0 aromatic heterocycles. The van der Waals surface area contributed by atoms with Crippen molar-refractivity contribution in [2.75, 3.05) is 0 Å². The van der Waals surface area contributed by atoms with Gasteiger partial charge >= 0.3 is 0 Å². The van der Waals surface area contributed by atoms with E-state index in [0.29, 0.717) is 11.3 Å². The second-order valence-corrected chi connectivity index (χ2v) is 3.46. The fraction of sp³-hybridized carbons (Fsp3) is 0.111. The van der Waals surface area contributed by atoms with Crippen LogP contribution >= 0.6 is 12.2 Å². The molecule has 0 unspecified atom stereocenters. The van der Waals surface area contributed by atoms with Gasteiger partial charge in [0.05, 0.1) is 10.6 Å². The van der Waals surface area contributed by atoms with Gasteiger partial charge in [0, 0.05) is 12.1 Å². The Kier molecular flexibility index (Phi) is 4.49. The minimum Gasteiger partial charge on any atom is -0.289 e. The zero-order valence-electron chi connectivity index (χ0n) is 8.88. The third-order valence-corrected chi connectivity index (χ3v) is 2.11. The number of thiocarbonyl (C=S) groups is 1. The van der Waals surface area contributed by atoms with Gasteiger partial charge in [0.2, 0.25) is 5.11 Å². The number of hydroxylamine groups is 1. The van der Waals surface area contributed by atoms with Crippen LogP contribution in [0.4, 0.5) is 5.69 Å². The number of nitro groups is 1. The maximum atomic E-state index is 10.4. The van der Waals surface area contributed by atoms with Crippen molar-refractivity contribution in [3.63, 3.8) is 0 Å². The number of nitro benzene ring substituents is 1. The topological polar surface area (TPSA) is 99.8 Å². The Labute approximate surface area is 102 Å². The van der Waals surface area contributed by atoms with Crippen molar-refractivity contribution in [2.24, 2.45) is 5.10 Å². The predicted octanol–water partition coefficient (Wildman–Crippen LogP) is 1.17. The number of hydrazone groups is 1. The molecule has 0 amide bonds. The maximum absolute atomic E-state index is 10.4. The Morgan fingerprint density at radius 1 is 1.47 bits per heavy atom. The standard InChI is InChI=1S/C9H10N4O3S/c1-6(10-11-9(17)12-14)7-2-4-8(5-3-7)13(15)16/h2-5,14H,1H3,(H2,11,12,17)/b10-6-. The van der Waals surface area contributed by atoms with E-state index in [1.54, 1.807) is 24.5 Å². The van der Waals surface area contributed by atoms with Crippen molar-refractivity contribution < 1.29 is 10.1 Å². The van der Waals surface area contributed by atoms with Gasteiger partial charge in [0.15, 0.2) is 0 Å². The SMILES string of the molecule is C/C(=N/NC(=S)NO)c1ccc([N+](=O)[O-])cc1. The molecular weight excluding hydrogens is 244 g/mol. The summed E-state index contributed by atoms with van der Waals surface area (Å²) in [5.41, 5.74) is 5.42. The molecule has 1 aromatic carbocycles. The molecule has 7 nitrogen and oxygen atoms in total. The molecule has 0 saturated carbocycles. The number of nitrogens with zero attached hydrogens (tertiary/aromatic N) is 2. The monoisotopic (exact) mass is 254 g/mol. The predicted molar refractivity (Wildman–Crippen MR) is 66.0 cm³/mol. The molecule has 1 aromatic rings. The molecule has 0 saturated heterocycles. The van der Waals surface area contributed by atoms with Gasteiger partial charge in [-0.1, -0.05) is 0 Å². The highest BCUT2D eigenvalue weighted by Crippen LogP contribution is 2.12. The largest absolute Gasteiger partial charge is 0.289 e. The van der Waals surface area contributed by atoms with E-state index in [2.05, 4.69) is 22.7 Å². The van der Waals surface area contributed by atoms with Crippen LogP contribution in [0.5, 0.6) is 0 Å². The summed E-state index contributed by atoms with van der Waals surface area (Å²) in [5, 5.41) is 22.7. The van der Waals surface area contributed by atoms with Crippen LogP contribution in [0, 0.1) is 10.1 Å². The van der Waals surface area contributed by atoms with E-state index in [1.165, 1.54) is 12.1 Å². The van der Waals surface area contributed by atoms with Gasteiger partial charge in [-0.15, -0.1) is 0 Å². The first-order valence-electron chi connectivity index (χ1n) is 4.54. The van der Waals surface area contributed by atoms with Crippen LogP contribution in [0.2, 0.25) is 0 Å². The van der Waals surface area contributed by atoms with Gasteiger partial charge in [-0.2, -0.15) is 5.10 Å². The number of non-ortho nitro benzene ring substituents is 1. The molecule has 0 heterocycles. The molecule has 0 aliphatic rings. The Hall–Kier alpha value is -2.06. The molecule has 0 fully saturated rings. The summed E-state index contributed by atoms with van der Waals surface area (Å²) in [5.74, 6) is 0. The molecular formula is C9H10N4O3S. The molecule has 0 radical (unpaired) electrons. The van der Waals surface area contributed by atoms with Crippen molar-refractivity contribution in [2.45, 2.75) is 6.92 Å². The lowest BCUT2D eigenvalue weighted by molar-refractivity contribution is -0.384. The van der Waals surface area contributed by atoms with Gasteiger partial charge in [-0.25, -0.2) is 5.48 Å². The molecule has 0 atom stereocenters. The van der Waals surface area contributed by atoms with E-state index >= 15 is 0 Å². The Morgan fingerprint density at radius 2 is 2.06 bits per heavy atom. The van der Waals surface area contributed by atoms with Gasteiger partial charge < -0.3 is 0 Å². The van der Waals surface area contributed by atoms with E-state index in [-0.39, 0.29) is 10.8 Å². The minimum atomic E-state index is -0.473. The number of hydrogen-bond acceptors (Lipinski definition) is 5. The average molecular weight is 254 g/mol. The number of benzene rings is 1. The zero-order valence-corrected chi connectivity index (χ0v) is 9.69. The van der Waals surface area contributed by atoms with Crippen LogP contribution in [0.15, 0.2) is 29.4 Å². The van der Waals surface area contributed by atoms with Crippen LogP contribution in [0.3, 0.4) is 0 Å². The first-order chi connectivity index (χ1) is 8.04. The molecule has 17 heavy (non-hydrogen) atoms. The van der Waals surface area contributed by atoms with E-state index in [1.807, 2.05) is 0 Å². The fourth-order valence-corrected chi connectivity index (χ4v) is 1.09. The Bertz CT molecular complexity index is 458. The van der Waals surface area contributed by atoms with E-state index in [0.717, 1.165) is 0 Å². The van der Waals surface area contributed by atoms with E-state index < -0.39 is 4.92 Å². The quantitative estimate of drug-likeness (QED) is 0.324. The summed E-state index contributed by atoms with van der Waals surface area (Å²) in [6.45, 7) is 1.70. The van der Waals surface area contributed by atoms with Crippen LogP contribution in [0.25, 0.3) is 0 Å². The summed E-state index contributed by atoms with van der Waals surface area (Å²) in [6.07, 6.45) is 0. The molecule has 0 bridgehead atoms. The fourth-order valence-electron chi connectivity index (χ4n) is 1.05. The van der Waals surface area contributed by atoms with Crippen molar-refractivity contribution in [1.82, 2.24) is 10.9 Å². The normalized spacial score (nSPS) is 10.8. The lowest BCUT2D eigenvalue weighted by Gasteiger charge is -2.03. The zero-order chi connectivity index (χ0) is 12.8. The van der Waals surface area contributed by atoms with Gasteiger partial charge in [-0.3, -0.25) is 20.7 Å². The molecule has 0 aliphatic heterocycles. The summed E-state index contributed by atoms with van der Waals surface area (Å²) in [4.78, 5) is 9.97. The van der Waals surface area contributed by atoms with Crippen molar-refractivity contribution in [3.8, 4) is 0 Å². The summed E-state index contributed by atoms with van der Waals surface area (Å²) in [6, 6.07) is 5.93. The highest BCUT2D eigenvalue weighted by atomic mass is 32.1.